The van der Waals surface area contributed by atoms with Crippen LogP contribution in [0, 0.1) is 0 Å². The van der Waals surface area contributed by atoms with Crippen molar-refractivity contribution in [2.75, 3.05) is 26.4 Å². The Kier molecular flexibility index (Phi) is 101. The van der Waals surface area contributed by atoms with Gasteiger partial charge in [0, 0.05) is 25.8 Å². The zero-order chi connectivity index (χ0) is 13.7. The van der Waals surface area contributed by atoms with Gasteiger partial charge in [0.05, 0.1) is 26.4 Å². The molecule has 0 saturated carbocycles. The Morgan fingerprint density at radius 2 is 0.588 bits per heavy atom. The van der Waals surface area contributed by atoms with Crippen LogP contribution < -0.4 is 0 Å². The van der Waals surface area contributed by atoms with Crippen LogP contribution in [-0.2, 0) is 25.8 Å². The third kappa shape index (κ3) is 217. The van der Waals surface area contributed by atoms with E-state index >= 15 is 0 Å². The van der Waals surface area contributed by atoms with Crippen molar-refractivity contribution in [1.82, 2.24) is 0 Å². The van der Waals surface area contributed by atoms with Gasteiger partial charge < -0.3 is 20.4 Å². The summed E-state index contributed by atoms with van der Waals surface area (Å²) in [5, 5.41) is 31.0. The Morgan fingerprint density at radius 3 is 0.588 bits per heavy atom. The summed E-state index contributed by atoms with van der Waals surface area (Å²) in [7, 11) is 0. The predicted molar refractivity (Wildman–Crippen MR) is 69.1 cm³/mol. The minimum Gasteiger partial charge on any atom is -0.392 e. The quantitative estimate of drug-likeness (QED) is 0.405. The Morgan fingerprint density at radius 1 is 0.529 bits per heavy atom. The average Bonchev–Trinajstić information content (AvgIpc) is 2.39. The summed E-state index contributed by atoms with van der Waals surface area (Å²) in [6, 6.07) is 0. The molecule has 0 fully saturated rings. The van der Waals surface area contributed by atoms with Crippen LogP contribution in [0.5, 0.6) is 0 Å². The Labute approximate surface area is 123 Å². The second kappa shape index (κ2) is 57.3. The van der Waals surface area contributed by atoms with Crippen LogP contribution in [0.4, 0.5) is 0 Å². The molecule has 0 aliphatic carbocycles. The van der Waals surface area contributed by atoms with Gasteiger partial charge in [0.2, 0.25) is 0 Å². The molecule has 0 atom stereocenters. The van der Waals surface area contributed by atoms with Gasteiger partial charge in [0.25, 0.3) is 0 Å². The van der Waals surface area contributed by atoms with Crippen LogP contribution in [0.1, 0.15) is 0 Å². The zero-order valence-corrected chi connectivity index (χ0v) is 13.8. The minimum atomic E-state index is 0. The van der Waals surface area contributed by atoms with Gasteiger partial charge in [-0.05, 0) is 0 Å². The van der Waals surface area contributed by atoms with Crippen molar-refractivity contribution in [2.24, 2.45) is 0 Å². The van der Waals surface area contributed by atoms with Crippen molar-refractivity contribution in [3.8, 4) is 0 Å². The first kappa shape index (κ1) is 30.1. The third-order valence-corrected chi connectivity index (χ3v) is 0.516. The Balaban J connectivity index is -0.0000000369. The molecule has 100 valence electrons. The van der Waals surface area contributed by atoms with Crippen LogP contribution in [0.3, 0.4) is 0 Å². The first-order valence-corrected chi connectivity index (χ1v) is 4.53. The molecular weight excluding hydrogens is 387 g/mol. The molecule has 0 aromatic rings. The van der Waals surface area contributed by atoms with Gasteiger partial charge in [-0.15, -0.1) is 26.3 Å². The largest absolute Gasteiger partial charge is 0.392 e. The van der Waals surface area contributed by atoms with E-state index in [0.29, 0.717) is 0 Å². The molecule has 0 rings (SSSR count). The Bertz CT molecular complexity index is 106. The molecule has 0 aromatic carbocycles. The Hall–Kier alpha value is -0.330. The van der Waals surface area contributed by atoms with Crippen LogP contribution in [0.15, 0.2) is 50.6 Å². The summed E-state index contributed by atoms with van der Waals surface area (Å²) in [4.78, 5) is 0. The van der Waals surface area contributed by atoms with Crippen LogP contribution >= 0.6 is 0 Å². The van der Waals surface area contributed by atoms with E-state index < -0.39 is 0 Å². The van der Waals surface area contributed by atoms with Gasteiger partial charge in [-0.3, -0.25) is 0 Å². The second-order valence-electron chi connectivity index (χ2n) is 1.88. The fourth-order valence-electron chi connectivity index (χ4n) is 0. The third-order valence-electron chi connectivity index (χ3n) is 0.516. The minimum absolute atomic E-state index is 0. The summed E-state index contributed by atoms with van der Waals surface area (Å²) in [6.45, 7) is 13.2. The van der Waals surface area contributed by atoms with Crippen molar-refractivity contribution < 1.29 is 46.3 Å². The maximum atomic E-state index is 7.76. The molecule has 17 heavy (non-hydrogen) atoms. The summed E-state index contributed by atoms with van der Waals surface area (Å²) >= 11 is 0. The molecule has 4 nitrogen and oxygen atoms in total. The first-order chi connectivity index (χ1) is 7.66. The number of hydrogen-bond acceptors (Lipinski definition) is 4. The number of aliphatic hydroxyl groups excluding tert-OH is 4. The smallest absolute Gasteiger partial charge is 0.0609 e. The summed E-state index contributed by atoms with van der Waals surface area (Å²) < 4.78 is 0. The summed E-state index contributed by atoms with van der Waals surface area (Å²) in [5.74, 6) is 0. The normalized spacial score (nSPS) is 5.88. The standard InChI is InChI=1S/4C3H6O.Hf/c4*1-2-3-4;/h4*2,4H,1,3H2;. The van der Waals surface area contributed by atoms with Crippen LogP contribution in [-0.4, -0.2) is 46.9 Å². The van der Waals surface area contributed by atoms with E-state index in [9.17, 15) is 0 Å². The molecule has 0 heterocycles. The summed E-state index contributed by atoms with van der Waals surface area (Å²) in [6.07, 6.45) is 5.72. The van der Waals surface area contributed by atoms with Crippen molar-refractivity contribution in [2.45, 2.75) is 0 Å². The second-order valence-corrected chi connectivity index (χ2v) is 1.88. The number of hydrogen-bond donors (Lipinski definition) is 4. The molecule has 0 radical (unpaired) electrons. The molecule has 0 aliphatic rings. The molecule has 0 saturated heterocycles. The van der Waals surface area contributed by atoms with Crippen molar-refractivity contribution in [3.05, 3.63) is 50.6 Å². The maximum absolute atomic E-state index is 7.76. The maximum Gasteiger partial charge on any atom is 0.0609 e. The molecule has 0 aliphatic heterocycles. The SMILES string of the molecule is C=CCO.C=CCO.C=CCO.C=CCO.[Hf]. The predicted octanol–water partition coefficient (Wildman–Crippen LogP) is 0.656. The van der Waals surface area contributed by atoms with E-state index in [-0.39, 0.29) is 52.3 Å². The molecular formula is C12H24HfO4. The van der Waals surface area contributed by atoms with Gasteiger partial charge in [0.1, 0.15) is 0 Å². The van der Waals surface area contributed by atoms with Crippen molar-refractivity contribution in [1.29, 1.82) is 0 Å². The van der Waals surface area contributed by atoms with Gasteiger partial charge in [-0.1, -0.05) is 24.3 Å². The zero-order valence-electron chi connectivity index (χ0n) is 10.3. The van der Waals surface area contributed by atoms with E-state index in [4.69, 9.17) is 20.4 Å². The fourth-order valence-corrected chi connectivity index (χ4v) is 0. The van der Waals surface area contributed by atoms with Gasteiger partial charge >= 0.3 is 0 Å². The molecule has 4 N–H and O–H groups in total. The average molecular weight is 411 g/mol. The van der Waals surface area contributed by atoms with E-state index in [1.54, 1.807) is 0 Å². The topological polar surface area (TPSA) is 80.9 Å². The molecule has 0 amide bonds. The fraction of sp³-hybridized carbons (Fsp3) is 0.333. The van der Waals surface area contributed by atoms with E-state index in [1.807, 2.05) is 0 Å². The molecule has 0 bridgehead atoms. The van der Waals surface area contributed by atoms with E-state index in [1.165, 1.54) is 24.3 Å². The molecule has 5 heteroatoms. The van der Waals surface area contributed by atoms with E-state index in [0.717, 1.165) is 0 Å². The van der Waals surface area contributed by atoms with Crippen LogP contribution in [0.2, 0.25) is 0 Å². The number of rotatable bonds is 4. The molecule has 0 spiro atoms. The van der Waals surface area contributed by atoms with E-state index in [2.05, 4.69) is 26.3 Å². The van der Waals surface area contributed by atoms with Crippen LogP contribution in [0.25, 0.3) is 0 Å². The van der Waals surface area contributed by atoms with Crippen molar-refractivity contribution >= 4 is 0 Å². The van der Waals surface area contributed by atoms with Gasteiger partial charge in [-0.2, -0.15) is 0 Å². The van der Waals surface area contributed by atoms with Crippen molar-refractivity contribution in [3.63, 3.8) is 0 Å². The molecule has 0 aromatic heterocycles. The van der Waals surface area contributed by atoms with Gasteiger partial charge in [0.15, 0.2) is 0 Å². The first-order valence-electron chi connectivity index (χ1n) is 4.53. The van der Waals surface area contributed by atoms with Gasteiger partial charge in [-0.25, -0.2) is 0 Å². The monoisotopic (exact) mass is 412 g/mol. The number of aliphatic hydroxyl groups is 4. The summed E-state index contributed by atoms with van der Waals surface area (Å²) in [5.41, 5.74) is 0. The molecule has 0 unspecified atom stereocenters.